The maximum Gasteiger partial charge on any atom is 0.152 e. The zero-order chi connectivity index (χ0) is 13.5. The summed E-state index contributed by atoms with van der Waals surface area (Å²) in [5.74, 6) is -0.0168. The summed E-state index contributed by atoms with van der Waals surface area (Å²) in [5.41, 5.74) is 6.31. The standard InChI is InChI=1S/C12H17F2NO2S/c1-17-12(11(15)8-14)9-2-4-10(5-3-9)18(16)7-6-13/h2-5,11-12H,6-8,15H2,1H3/t11-,12-,18?/m1/s1. The summed E-state index contributed by atoms with van der Waals surface area (Å²) in [6.45, 7) is -1.31. The van der Waals surface area contributed by atoms with Gasteiger partial charge < -0.3 is 15.0 Å². The summed E-state index contributed by atoms with van der Waals surface area (Å²) in [7, 11) is 1.45. The van der Waals surface area contributed by atoms with E-state index in [0.29, 0.717) is 10.5 Å². The molecular weight excluding hydrogens is 260 g/mol. The van der Waals surface area contributed by atoms with Gasteiger partial charge in [0.2, 0.25) is 0 Å². The molecule has 0 spiro atoms. The van der Waals surface area contributed by atoms with Crippen LogP contribution in [0.5, 0.6) is 0 Å². The quantitative estimate of drug-likeness (QED) is 0.772. The van der Waals surface area contributed by atoms with Gasteiger partial charge >= 0.3 is 0 Å². The van der Waals surface area contributed by atoms with Crippen LogP contribution in [0.2, 0.25) is 0 Å². The molecule has 102 valence electrons. The largest absolute Gasteiger partial charge is 0.611 e. The average molecular weight is 277 g/mol. The molecule has 1 aromatic rings. The second-order valence-corrected chi connectivity index (χ2v) is 5.35. The van der Waals surface area contributed by atoms with Crippen LogP contribution >= 0.6 is 0 Å². The van der Waals surface area contributed by atoms with Gasteiger partial charge in [-0.2, -0.15) is 0 Å². The van der Waals surface area contributed by atoms with E-state index in [1.807, 2.05) is 0 Å². The number of benzene rings is 1. The molecule has 18 heavy (non-hydrogen) atoms. The highest BCUT2D eigenvalue weighted by molar-refractivity contribution is 7.91. The van der Waals surface area contributed by atoms with Crippen LogP contribution < -0.4 is 5.73 Å². The van der Waals surface area contributed by atoms with E-state index in [2.05, 4.69) is 0 Å². The molecular formula is C12H17F2NO2S. The Morgan fingerprint density at radius 3 is 2.39 bits per heavy atom. The van der Waals surface area contributed by atoms with Crippen LogP contribution in [-0.2, 0) is 15.9 Å². The molecule has 1 unspecified atom stereocenters. The molecule has 0 heterocycles. The summed E-state index contributed by atoms with van der Waals surface area (Å²) in [4.78, 5) is 0.542. The Kier molecular flexibility index (Phi) is 6.56. The van der Waals surface area contributed by atoms with Crippen LogP contribution in [0.4, 0.5) is 8.78 Å². The van der Waals surface area contributed by atoms with Crippen molar-refractivity contribution in [1.82, 2.24) is 0 Å². The van der Waals surface area contributed by atoms with E-state index in [0.717, 1.165) is 0 Å². The van der Waals surface area contributed by atoms with Gasteiger partial charge in [0.15, 0.2) is 4.90 Å². The number of halogens is 2. The van der Waals surface area contributed by atoms with Gasteiger partial charge in [-0.15, -0.1) is 0 Å². The van der Waals surface area contributed by atoms with Crippen LogP contribution in [0, 0.1) is 0 Å². The first kappa shape index (κ1) is 15.4. The number of nitrogens with two attached hydrogens (primary N) is 1. The Morgan fingerprint density at radius 2 is 1.94 bits per heavy atom. The van der Waals surface area contributed by atoms with Gasteiger partial charge in [0.1, 0.15) is 19.1 Å². The maximum atomic E-state index is 12.5. The maximum absolute atomic E-state index is 12.5. The second-order valence-electron chi connectivity index (χ2n) is 3.78. The first-order valence-electron chi connectivity index (χ1n) is 5.52. The van der Waals surface area contributed by atoms with E-state index in [4.69, 9.17) is 10.5 Å². The van der Waals surface area contributed by atoms with Crippen molar-refractivity contribution in [3.63, 3.8) is 0 Å². The highest BCUT2D eigenvalue weighted by atomic mass is 32.2. The molecule has 0 saturated heterocycles. The second kappa shape index (κ2) is 7.68. The fraction of sp³-hybridized carbons (Fsp3) is 0.500. The average Bonchev–Trinajstić information content (AvgIpc) is 2.40. The molecule has 3 nitrogen and oxygen atoms in total. The molecule has 0 fully saturated rings. The minimum Gasteiger partial charge on any atom is -0.611 e. The van der Waals surface area contributed by atoms with Gasteiger partial charge in [-0.3, -0.25) is 0 Å². The Morgan fingerprint density at radius 1 is 1.33 bits per heavy atom. The first-order chi connectivity index (χ1) is 8.63. The zero-order valence-electron chi connectivity index (χ0n) is 10.1. The lowest BCUT2D eigenvalue weighted by Crippen LogP contribution is -2.31. The Balaban J connectivity index is 2.80. The van der Waals surface area contributed by atoms with Crippen molar-refractivity contribution < 1.29 is 18.1 Å². The summed E-state index contributed by atoms with van der Waals surface area (Å²) >= 11 is -1.34. The molecule has 1 rings (SSSR count). The van der Waals surface area contributed by atoms with Crippen LogP contribution in [0.15, 0.2) is 29.2 Å². The van der Waals surface area contributed by atoms with Crippen LogP contribution in [0.3, 0.4) is 0 Å². The van der Waals surface area contributed by atoms with Crippen molar-refractivity contribution in [2.75, 3.05) is 26.2 Å². The number of rotatable bonds is 7. The van der Waals surface area contributed by atoms with Crippen molar-refractivity contribution in [3.8, 4) is 0 Å². The van der Waals surface area contributed by atoms with Crippen LogP contribution in [0.25, 0.3) is 0 Å². The Labute approximate surface area is 108 Å². The minimum absolute atomic E-state index is 0.0168. The highest BCUT2D eigenvalue weighted by Crippen LogP contribution is 2.22. The Hall–Kier alpha value is -0.690. The number of hydrogen-bond acceptors (Lipinski definition) is 3. The smallest absolute Gasteiger partial charge is 0.152 e. The summed E-state index contributed by atoms with van der Waals surface area (Å²) in [5, 5.41) is 0. The highest BCUT2D eigenvalue weighted by Gasteiger charge is 2.20. The molecule has 0 aliphatic heterocycles. The third-order valence-corrected chi connectivity index (χ3v) is 3.88. The van der Waals surface area contributed by atoms with Crippen LogP contribution in [0.1, 0.15) is 11.7 Å². The molecule has 1 aromatic carbocycles. The third-order valence-electron chi connectivity index (χ3n) is 2.56. The summed E-state index contributed by atoms with van der Waals surface area (Å²) < 4.78 is 41.3. The molecule has 0 aliphatic carbocycles. The van der Waals surface area contributed by atoms with E-state index >= 15 is 0 Å². The molecule has 0 bridgehead atoms. The van der Waals surface area contributed by atoms with Gasteiger partial charge in [-0.1, -0.05) is 12.1 Å². The first-order valence-corrected chi connectivity index (χ1v) is 6.84. The fourth-order valence-corrected chi connectivity index (χ4v) is 2.45. The molecule has 0 radical (unpaired) electrons. The monoisotopic (exact) mass is 277 g/mol. The van der Waals surface area contributed by atoms with E-state index < -0.39 is 36.7 Å². The van der Waals surface area contributed by atoms with Crippen molar-refractivity contribution in [2.24, 2.45) is 5.73 Å². The van der Waals surface area contributed by atoms with E-state index in [1.165, 1.54) is 7.11 Å². The number of methoxy groups -OCH3 is 1. The molecule has 3 atom stereocenters. The number of alkyl halides is 2. The van der Waals surface area contributed by atoms with Crippen molar-refractivity contribution in [2.45, 2.75) is 17.0 Å². The van der Waals surface area contributed by atoms with Crippen molar-refractivity contribution in [1.29, 1.82) is 0 Å². The predicted molar refractivity (Wildman–Crippen MR) is 67.4 cm³/mol. The number of hydrogen-bond donors (Lipinski definition) is 1. The zero-order valence-corrected chi connectivity index (χ0v) is 11.0. The van der Waals surface area contributed by atoms with E-state index in [1.54, 1.807) is 24.3 Å². The summed E-state index contributed by atoms with van der Waals surface area (Å²) in [6.07, 6.45) is -0.543. The third kappa shape index (κ3) is 3.91. The molecule has 2 N–H and O–H groups in total. The topological polar surface area (TPSA) is 58.3 Å². The van der Waals surface area contributed by atoms with Crippen molar-refractivity contribution >= 4 is 11.2 Å². The van der Waals surface area contributed by atoms with Gasteiger partial charge in [0.05, 0.1) is 12.1 Å². The van der Waals surface area contributed by atoms with Gasteiger partial charge in [-0.05, 0) is 28.9 Å². The van der Waals surface area contributed by atoms with Gasteiger partial charge in [0, 0.05) is 7.11 Å². The SMILES string of the molecule is CO[C@H](c1ccc([S+]([O-])CCF)cc1)[C@H](N)CF. The van der Waals surface area contributed by atoms with Gasteiger partial charge in [-0.25, -0.2) is 8.78 Å². The molecule has 0 aromatic heterocycles. The van der Waals surface area contributed by atoms with E-state index in [9.17, 15) is 13.3 Å². The lowest BCUT2D eigenvalue weighted by Gasteiger charge is -2.20. The normalized spacial score (nSPS) is 16.3. The lowest BCUT2D eigenvalue weighted by atomic mass is 10.0. The molecule has 0 amide bonds. The van der Waals surface area contributed by atoms with E-state index in [-0.39, 0.29) is 5.75 Å². The Bertz CT molecular complexity index is 350. The molecule has 0 aliphatic rings. The van der Waals surface area contributed by atoms with Crippen LogP contribution in [-0.4, -0.2) is 36.8 Å². The minimum atomic E-state index is -1.34. The van der Waals surface area contributed by atoms with Crippen molar-refractivity contribution in [3.05, 3.63) is 29.8 Å². The number of ether oxygens (including phenoxy) is 1. The summed E-state index contributed by atoms with van der Waals surface area (Å²) in [6, 6.07) is 5.86. The fourth-order valence-electron chi connectivity index (χ4n) is 1.64. The molecule has 0 saturated carbocycles. The molecule has 6 heteroatoms. The van der Waals surface area contributed by atoms with Gasteiger partial charge in [0.25, 0.3) is 0 Å². The lowest BCUT2D eigenvalue weighted by molar-refractivity contribution is 0.0720. The predicted octanol–water partition coefficient (Wildman–Crippen LogP) is 1.75.